The first kappa shape index (κ1) is 24.4. The number of nitrogens with one attached hydrogen (secondary N) is 1. The number of benzene rings is 3. The van der Waals surface area contributed by atoms with Gasteiger partial charge in [0.2, 0.25) is 0 Å². The number of hydrogen-bond acceptors (Lipinski definition) is 7. The SMILES string of the molecule is COc1ccc(/C=C2\C(=O)NC(=O)N(c3ccc(Cl)cc3)C2=O)c(OCc2cccc([N+](=O)[O-])c2)c1. The molecule has 0 aromatic heterocycles. The van der Waals surface area contributed by atoms with Crippen LogP contribution in [0.15, 0.2) is 72.3 Å². The zero-order valence-electron chi connectivity index (χ0n) is 18.8. The highest BCUT2D eigenvalue weighted by molar-refractivity contribution is 6.39. The fourth-order valence-electron chi connectivity index (χ4n) is 3.44. The third-order valence-corrected chi connectivity index (χ3v) is 5.47. The average Bonchev–Trinajstić information content (AvgIpc) is 2.86. The summed E-state index contributed by atoms with van der Waals surface area (Å²) in [5.74, 6) is -0.991. The summed E-state index contributed by atoms with van der Waals surface area (Å²) in [7, 11) is 1.46. The third-order valence-electron chi connectivity index (χ3n) is 5.22. The van der Waals surface area contributed by atoms with Gasteiger partial charge in [-0.2, -0.15) is 0 Å². The molecule has 10 nitrogen and oxygen atoms in total. The van der Waals surface area contributed by atoms with Gasteiger partial charge < -0.3 is 9.47 Å². The van der Waals surface area contributed by atoms with E-state index in [1.54, 1.807) is 30.3 Å². The van der Waals surface area contributed by atoms with Gasteiger partial charge in [-0.25, -0.2) is 9.69 Å². The molecule has 1 heterocycles. The zero-order valence-corrected chi connectivity index (χ0v) is 19.5. The van der Waals surface area contributed by atoms with E-state index >= 15 is 0 Å². The Hall–Kier alpha value is -4.70. The number of non-ortho nitro benzene ring substituents is 1. The van der Waals surface area contributed by atoms with E-state index in [9.17, 15) is 24.5 Å². The van der Waals surface area contributed by atoms with Crippen LogP contribution < -0.4 is 19.7 Å². The number of anilines is 1. The number of urea groups is 1. The minimum absolute atomic E-state index is 0.0272. The van der Waals surface area contributed by atoms with Crippen molar-refractivity contribution >= 4 is 46.9 Å². The predicted molar refractivity (Wildman–Crippen MR) is 131 cm³/mol. The summed E-state index contributed by atoms with van der Waals surface area (Å²) in [4.78, 5) is 49.5. The number of barbiturate groups is 1. The molecule has 3 aromatic rings. The second kappa shape index (κ2) is 10.3. The van der Waals surface area contributed by atoms with Gasteiger partial charge in [-0.3, -0.25) is 25.0 Å². The lowest BCUT2D eigenvalue weighted by molar-refractivity contribution is -0.384. The van der Waals surface area contributed by atoms with Gasteiger partial charge in [0.25, 0.3) is 17.5 Å². The van der Waals surface area contributed by atoms with E-state index in [0.29, 0.717) is 21.9 Å². The van der Waals surface area contributed by atoms with E-state index in [1.807, 2.05) is 0 Å². The summed E-state index contributed by atoms with van der Waals surface area (Å²) >= 11 is 5.90. The number of halogens is 1. The molecule has 1 aliphatic rings. The topological polar surface area (TPSA) is 128 Å². The first-order chi connectivity index (χ1) is 17.3. The summed E-state index contributed by atoms with van der Waals surface area (Å²) in [5.41, 5.74) is 0.745. The van der Waals surface area contributed by atoms with Gasteiger partial charge in [0.15, 0.2) is 0 Å². The molecule has 3 aromatic carbocycles. The molecular weight excluding hydrogens is 490 g/mol. The van der Waals surface area contributed by atoms with Crippen LogP contribution in [0.4, 0.5) is 16.2 Å². The van der Waals surface area contributed by atoms with Gasteiger partial charge in [0.05, 0.1) is 17.7 Å². The van der Waals surface area contributed by atoms with Gasteiger partial charge in [0, 0.05) is 28.8 Å². The van der Waals surface area contributed by atoms with E-state index < -0.39 is 22.8 Å². The molecule has 0 spiro atoms. The summed E-state index contributed by atoms with van der Waals surface area (Å²) < 4.78 is 11.1. The van der Waals surface area contributed by atoms with Crippen LogP contribution in [0.1, 0.15) is 11.1 Å². The normalized spacial score (nSPS) is 14.6. The van der Waals surface area contributed by atoms with Gasteiger partial charge in [-0.05, 0) is 48.0 Å². The number of imide groups is 2. The number of nitro benzene ring substituents is 1. The van der Waals surface area contributed by atoms with Crippen molar-refractivity contribution in [3.63, 3.8) is 0 Å². The van der Waals surface area contributed by atoms with Crippen LogP contribution in [-0.4, -0.2) is 29.9 Å². The Morgan fingerprint density at radius 3 is 2.50 bits per heavy atom. The lowest BCUT2D eigenvalue weighted by Gasteiger charge is -2.26. The molecule has 0 bridgehead atoms. The number of nitrogens with zero attached hydrogens (tertiary/aromatic N) is 2. The monoisotopic (exact) mass is 507 g/mol. The first-order valence-electron chi connectivity index (χ1n) is 10.5. The van der Waals surface area contributed by atoms with Gasteiger partial charge >= 0.3 is 6.03 Å². The van der Waals surface area contributed by atoms with Crippen LogP contribution in [0.25, 0.3) is 6.08 Å². The molecule has 4 amide bonds. The quantitative estimate of drug-likeness (QED) is 0.216. The Morgan fingerprint density at radius 1 is 1.06 bits per heavy atom. The van der Waals surface area contributed by atoms with Crippen LogP contribution in [-0.2, 0) is 16.2 Å². The third kappa shape index (κ3) is 5.18. The van der Waals surface area contributed by atoms with Crippen molar-refractivity contribution in [1.29, 1.82) is 0 Å². The fraction of sp³-hybridized carbons (Fsp3) is 0.0800. The average molecular weight is 508 g/mol. The van der Waals surface area contributed by atoms with Crippen molar-refractivity contribution in [2.24, 2.45) is 0 Å². The van der Waals surface area contributed by atoms with Crippen LogP contribution in [0.5, 0.6) is 11.5 Å². The molecule has 182 valence electrons. The van der Waals surface area contributed by atoms with Crippen molar-refractivity contribution < 1.29 is 28.8 Å². The maximum atomic E-state index is 13.2. The van der Waals surface area contributed by atoms with Crippen LogP contribution in [0.3, 0.4) is 0 Å². The highest BCUT2D eigenvalue weighted by Gasteiger charge is 2.37. The number of ether oxygens (including phenoxy) is 2. The van der Waals surface area contributed by atoms with E-state index in [-0.39, 0.29) is 29.3 Å². The van der Waals surface area contributed by atoms with Crippen LogP contribution >= 0.6 is 11.6 Å². The molecule has 0 radical (unpaired) electrons. The van der Waals surface area contributed by atoms with Crippen molar-refractivity contribution in [3.8, 4) is 11.5 Å². The molecule has 1 aliphatic heterocycles. The summed E-state index contributed by atoms with van der Waals surface area (Å²) in [6, 6.07) is 15.8. The van der Waals surface area contributed by atoms with Crippen molar-refractivity contribution in [2.75, 3.05) is 12.0 Å². The molecule has 1 fully saturated rings. The number of amides is 4. The van der Waals surface area contributed by atoms with E-state index in [1.165, 1.54) is 49.6 Å². The maximum absolute atomic E-state index is 13.2. The lowest BCUT2D eigenvalue weighted by Crippen LogP contribution is -2.54. The van der Waals surface area contributed by atoms with Crippen LogP contribution in [0, 0.1) is 10.1 Å². The molecule has 4 rings (SSSR count). The minimum atomic E-state index is -0.888. The Labute approximate surface area is 209 Å². The Balaban J connectivity index is 1.67. The number of methoxy groups -OCH3 is 1. The largest absolute Gasteiger partial charge is 0.497 e. The highest BCUT2D eigenvalue weighted by Crippen LogP contribution is 2.30. The summed E-state index contributed by atoms with van der Waals surface area (Å²) in [6.45, 7) is -0.0272. The Morgan fingerprint density at radius 2 is 1.81 bits per heavy atom. The molecule has 0 atom stereocenters. The number of rotatable bonds is 7. The second-order valence-corrected chi connectivity index (χ2v) is 7.99. The Bertz CT molecular complexity index is 1400. The number of carbonyl (C=O) groups excluding carboxylic acids is 3. The molecular formula is C25H18ClN3O7. The minimum Gasteiger partial charge on any atom is -0.497 e. The highest BCUT2D eigenvalue weighted by atomic mass is 35.5. The second-order valence-electron chi connectivity index (χ2n) is 7.55. The van der Waals surface area contributed by atoms with Crippen molar-refractivity contribution in [2.45, 2.75) is 6.61 Å². The lowest BCUT2D eigenvalue weighted by atomic mass is 10.1. The van der Waals surface area contributed by atoms with E-state index in [4.69, 9.17) is 21.1 Å². The van der Waals surface area contributed by atoms with E-state index in [0.717, 1.165) is 4.90 Å². The molecule has 11 heteroatoms. The number of carbonyl (C=O) groups is 3. The smallest absolute Gasteiger partial charge is 0.335 e. The zero-order chi connectivity index (χ0) is 25.8. The standard InChI is InChI=1S/C25H18ClN3O7/c1-35-20-10-5-16(22(13-20)36-14-15-3-2-4-19(11-15)29(33)34)12-21-23(30)27-25(32)28(24(21)31)18-8-6-17(26)7-9-18/h2-13H,14H2,1H3,(H,27,30,32)/b21-12+. The fourth-order valence-corrected chi connectivity index (χ4v) is 3.57. The van der Waals surface area contributed by atoms with Gasteiger partial charge in [0.1, 0.15) is 23.7 Å². The molecule has 0 unspecified atom stereocenters. The van der Waals surface area contributed by atoms with Crippen molar-refractivity contribution in [3.05, 3.63) is 98.6 Å². The molecule has 1 N–H and O–H groups in total. The molecule has 0 aliphatic carbocycles. The maximum Gasteiger partial charge on any atom is 0.335 e. The van der Waals surface area contributed by atoms with Crippen LogP contribution in [0.2, 0.25) is 5.02 Å². The van der Waals surface area contributed by atoms with Gasteiger partial charge in [-0.15, -0.1) is 0 Å². The number of nitro groups is 1. The molecule has 36 heavy (non-hydrogen) atoms. The van der Waals surface area contributed by atoms with Gasteiger partial charge in [-0.1, -0.05) is 23.7 Å². The Kier molecular flexibility index (Phi) is 6.98. The van der Waals surface area contributed by atoms with E-state index in [2.05, 4.69) is 5.32 Å². The van der Waals surface area contributed by atoms with Crippen molar-refractivity contribution in [1.82, 2.24) is 5.32 Å². The molecule has 1 saturated heterocycles. The summed E-state index contributed by atoms with van der Waals surface area (Å²) in [5, 5.41) is 13.6. The number of hydrogen-bond donors (Lipinski definition) is 1. The summed E-state index contributed by atoms with van der Waals surface area (Å²) in [6.07, 6.45) is 1.30. The predicted octanol–water partition coefficient (Wildman–Crippen LogP) is 4.50. The first-order valence-corrected chi connectivity index (χ1v) is 10.9. The molecule has 0 saturated carbocycles.